The van der Waals surface area contributed by atoms with E-state index in [2.05, 4.69) is 32.9 Å². The second-order valence-corrected chi connectivity index (χ2v) is 7.83. The number of aromatic nitrogens is 2. The molecule has 0 atom stereocenters. The van der Waals surface area contributed by atoms with Crippen molar-refractivity contribution in [2.75, 3.05) is 64.4 Å². The Morgan fingerprint density at radius 2 is 2.00 bits per heavy atom. The minimum atomic E-state index is 0.837. The molecule has 2 fully saturated rings. The van der Waals surface area contributed by atoms with E-state index in [1.807, 2.05) is 0 Å². The van der Waals surface area contributed by atoms with Crippen LogP contribution in [-0.2, 0) is 17.7 Å². The van der Waals surface area contributed by atoms with Gasteiger partial charge in [-0.05, 0) is 25.8 Å². The first-order valence-corrected chi connectivity index (χ1v) is 9.86. The van der Waals surface area contributed by atoms with Crippen LogP contribution < -0.4 is 4.90 Å². The number of hydrogen-bond acceptors (Lipinski definition) is 6. The largest absolute Gasteiger partial charge is 0.380 e. The number of piperazine rings is 1. The van der Waals surface area contributed by atoms with Gasteiger partial charge in [-0.2, -0.15) is 0 Å². The molecule has 0 aromatic carbocycles. The second-order valence-electron chi connectivity index (χ2n) is 7.83. The molecule has 1 aliphatic carbocycles. The predicted octanol–water partition coefficient (Wildman–Crippen LogP) is 1.40. The minimum absolute atomic E-state index is 0.837. The molecule has 25 heavy (non-hydrogen) atoms. The van der Waals surface area contributed by atoms with Gasteiger partial charge in [-0.3, -0.25) is 4.90 Å². The van der Waals surface area contributed by atoms with Crippen LogP contribution in [0.4, 0.5) is 5.95 Å². The van der Waals surface area contributed by atoms with Crippen molar-refractivity contribution in [1.29, 1.82) is 0 Å². The fourth-order valence-electron chi connectivity index (χ4n) is 3.82. The van der Waals surface area contributed by atoms with Gasteiger partial charge in [0, 0.05) is 70.6 Å². The summed E-state index contributed by atoms with van der Waals surface area (Å²) in [6.07, 6.45) is 7.21. The molecular formula is C19H31N5O. The van der Waals surface area contributed by atoms with Crippen LogP contribution in [0.3, 0.4) is 0 Å². The molecule has 0 N–H and O–H groups in total. The van der Waals surface area contributed by atoms with Crippen LogP contribution >= 0.6 is 0 Å². The van der Waals surface area contributed by atoms with Crippen molar-refractivity contribution in [3.05, 3.63) is 17.5 Å². The van der Waals surface area contributed by atoms with E-state index < -0.39 is 0 Å². The lowest BCUT2D eigenvalue weighted by molar-refractivity contribution is 0.0523. The molecule has 2 aliphatic heterocycles. The molecule has 0 unspecified atom stereocenters. The summed E-state index contributed by atoms with van der Waals surface area (Å²) in [5.74, 6) is 1.76. The first kappa shape index (κ1) is 17.2. The number of fused-ring (bicyclic) bond motifs is 1. The topological polar surface area (TPSA) is 44.7 Å². The van der Waals surface area contributed by atoms with Crippen LogP contribution in [0.2, 0.25) is 0 Å². The van der Waals surface area contributed by atoms with E-state index in [0.717, 1.165) is 77.3 Å². The summed E-state index contributed by atoms with van der Waals surface area (Å²) in [4.78, 5) is 16.7. The highest BCUT2D eigenvalue weighted by molar-refractivity contribution is 5.34. The van der Waals surface area contributed by atoms with E-state index in [-0.39, 0.29) is 0 Å². The molecule has 3 heterocycles. The zero-order valence-electron chi connectivity index (χ0n) is 15.5. The van der Waals surface area contributed by atoms with Crippen molar-refractivity contribution in [3.63, 3.8) is 0 Å². The maximum absolute atomic E-state index is 5.85. The molecule has 0 radical (unpaired) electrons. The monoisotopic (exact) mass is 345 g/mol. The first-order valence-electron chi connectivity index (χ1n) is 9.86. The molecule has 4 rings (SSSR count). The Kier molecular flexibility index (Phi) is 5.48. The van der Waals surface area contributed by atoms with E-state index in [9.17, 15) is 0 Å². The number of anilines is 1. The van der Waals surface area contributed by atoms with Gasteiger partial charge in [0.1, 0.15) is 0 Å². The molecule has 0 amide bonds. The number of rotatable bonds is 6. The van der Waals surface area contributed by atoms with Crippen molar-refractivity contribution in [3.8, 4) is 0 Å². The Balaban J connectivity index is 1.26. The molecule has 1 aromatic rings. The van der Waals surface area contributed by atoms with Crippen molar-refractivity contribution in [1.82, 2.24) is 19.8 Å². The molecule has 0 spiro atoms. The molecule has 0 bridgehead atoms. The van der Waals surface area contributed by atoms with Crippen LogP contribution in [-0.4, -0.2) is 79.3 Å². The Labute approximate surface area is 151 Å². The van der Waals surface area contributed by atoms with Crippen LogP contribution in [0.15, 0.2) is 6.20 Å². The van der Waals surface area contributed by atoms with Gasteiger partial charge in [0.15, 0.2) is 0 Å². The van der Waals surface area contributed by atoms with Crippen molar-refractivity contribution < 1.29 is 4.74 Å². The van der Waals surface area contributed by atoms with Crippen molar-refractivity contribution in [2.24, 2.45) is 5.92 Å². The standard InChI is InChI=1S/C19H31N5O/c1-22-7-9-24(10-8-22)19-20-13-17-14-23(6-5-18(17)21-19)11-12-25-15-16-3-2-4-16/h13,16H,2-12,14-15H2,1H3. The molecular weight excluding hydrogens is 314 g/mol. The quantitative estimate of drug-likeness (QED) is 0.727. The van der Waals surface area contributed by atoms with Crippen molar-refractivity contribution >= 4 is 5.95 Å². The highest BCUT2D eigenvalue weighted by atomic mass is 16.5. The fraction of sp³-hybridized carbons (Fsp3) is 0.789. The van der Waals surface area contributed by atoms with Crippen LogP contribution in [0.1, 0.15) is 30.5 Å². The van der Waals surface area contributed by atoms with Gasteiger partial charge in [0.25, 0.3) is 0 Å². The third kappa shape index (κ3) is 4.30. The number of likely N-dealkylation sites (N-methyl/N-ethyl adjacent to an activating group) is 1. The Morgan fingerprint density at radius 1 is 1.16 bits per heavy atom. The van der Waals surface area contributed by atoms with Crippen LogP contribution in [0.25, 0.3) is 0 Å². The SMILES string of the molecule is CN1CCN(c2ncc3c(n2)CCN(CCOCC2CCC2)C3)CC1. The Hall–Kier alpha value is -1.24. The Bertz CT molecular complexity index is 569. The molecule has 1 saturated heterocycles. The minimum Gasteiger partial charge on any atom is -0.380 e. The lowest BCUT2D eigenvalue weighted by Crippen LogP contribution is -2.45. The van der Waals surface area contributed by atoms with Gasteiger partial charge in [-0.1, -0.05) is 6.42 Å². The van der Waals surface area contributed by atoms with Gasteiger partial charge < -0.3 is 14.5 Å². The molecule has 1 aromatic heterocycles. The smallest absolute Gasteiger partial charge is 0.225 e. The van der Waals surface area contributed by atoms with E-state index in [0.29, 0.717) is 0 Å². The average molecular weight is 345 g/mol. The van der Waals surface area contributed by atoms with Crippen LogP contribution in [0, 0.1) is 5.92 Å². The summed E-state index contributed by atoms with van der Waals surface area (Å²) in [5, 5.41) is 0. The zero-order valence-corrected chi connectivity index (χ0v) is 15.5. The van der Waals surface area contributed by atoms with Gasteiger partial charge >= 0.3 is 0 Å². The summed E-state index contributed by atoms with van der Waals surface area (Å²) < 4.78 is 5.85. The summed E-state index contributed by atoms with van der Waals surface area (Å²) in [5.41, 5.74) is 2.54. The zero-order chi connectivity index (χ0) is 17.1. The van der Waals surface area contributed by atoms with E-state index in [1.54, 1.807) is 0 Å². The lowest BCUT2D eigenvalue weighted by atomic mass is 9.86. The third-order valence-electron chi connectivity index (χ3n) is 5.92. The van der Waals surface area contributed by atoms with Gasteiger partial charge in [-0.25, -0.2) is 9.97 Å². The molecule has 3 aliphatic rings. The predicted molar refractivity (Wildman–Crippen MR) is 98.9 cm³/mol. The fourth-order valence-corrected chi connectivity index (χ4v) is 3.82. The number of ether oxygens (including phenoxy) is 1. The average Bonchev–Trinajstić information content (AvgIpc) is 2.60. The van der Waals surface area contributed by atoms with Gasteiger partial charge in [0.2, 0.25) is 5.95 Å². The maximum atomic E-state index is 5.85. The van der Waals surface area contributed by atoms with Crippen molar-refractivity contribution in [2.45, 2.75) is 32.2 Å². The van der Waals surface area contributed by atoms with E-state index in [4.69, 9.17) is 9.72 Å². The van der Waals surface area contributed by atoms with Gasteiger partial charge in [-0.15, -0.1) is 0 Å². The molecule has 1 saturated carbocycles. The Morgan fingerprint density at radius 3 is 2.76 bits per heavy atom. The van der Waals surface area contributed by atoms with E-state index in [1.165, 1.54) is 30.5 Å². The highest BCUT2D eigenvalue weighted by Crippen LogP contribution is 2.26. The molecule has 6 heteroatoms. The number of hydrogen-bond donors (Lipinski definition) is 0. The summed E-state index contributed by atoms with van der Waals surface area (Å²) in [7, 11) is 2.18. The third-order valence-corrected chi connectivity index (χ3v) is 5.92. The normalized spacial score (nSPS) is 22.7. The van der Waals surface area contributed by atoms with Crippen LogP contribution in [0.5, 0.6) is 0 Å². The molecule has 6 nitrogen and oxygen atoms in total. The summed E-state index contributed by atoms with van der Waals surface area (Å²) >= 11 is 0. The maximum Gasteiger partial charge on any atom is 0.225 e. The second kappa shape index (κ2) is 7.98. The highest BCUT2D eigenvalue weighted by Gasteiger charge is 2.22. The number of nitrogens with zero attached hydrogens (tertiary/aromatic N) is 5. The summed E-state index contributed by atoms with van der Waals surface area (Å²) in [6.45, 7) is 9.12. The summed E-state index contributed by atoms with van der Waals surface area (Å²) in [6, 6.07) is 0. The lowest BCUT2D eigenvalue weighted by Gasteiger charge is -2.33. The van der Waals surface area contributed by atoms with Gasteiger partial charge in [0.05, 0.1) is 12.3 Å². The first-order chi connectivity index (χ1) is 12.3. The molecule has 138 valence electrons. The van der Waals surface area contributed by atoms with E-state index >= 15 is 0 Å².